The highest BCUT2D eigenvalue weighted by Crippen LogP contribution is 2.34. The lowest BCUT2D eigenvalue weighted by atomic mass is 10.5. The molecule has 17 heavy (non-hydrogen) atoms. The maximum Gasteiger partial charge on any atom is 0.351 e. The standard InChI is InChI=1S/C10H7ClN2O2S2/c1-15-9(14)7-8(11)13-10(17-7)16-6-2-4-12-5-3-6/h2-5H,1H3. The number of aromatic nitrogens is 2. The van der Waals surface area contributed by atoms with Crippen LogP contribution in [0.2, 0.25) is 5.15 Å². The minimum absolute atomic E-state index is 0.179. The summed E-state index contributed by atoms with van der Waals surface area (Å²) >= 11 is 8.50. The number of methoxy groups -OCH3 is 1. The van der Waals surface area contributed by atoms with Crippen LogP contribution in [0.1, 0.15) is 9.67 Å². The van der Waals surface area contributed by atoms with Gasteiger partial charge in [0, 0.05) is 17.3 Å². The van der Waals surface area contributed by atoms with Crippen LogP contribution in [0, 0.1) is 0 Å². The fourth-order valence-electron chi connectivity index (χ4n) is 1.05. The van der Waals surface area contributed by atoms with E-state index in [1.54, 1.807) is 12.4 Å². The number of halogens is 1. The van der Waals surface area contributed by atoms with Gasteiger partial charge in [-0.1, -0.05) is 34.7 Å². The zero-order chi connectivity index (χ0) is 12.3. The van der Waals surface area contributed by atoms with E-state index in [-0.39, 0.29) is 5.15 Å². The fraction of sp³-hybridized carbons (Fsp3) is 0.100. The van der Waals surface area contributed by atoms with Gasteiger partial charge in [-0.05, 0) is 12.1 Å². The molecule has 0 aliphatic rings. The Morgan fingerprint density at radius 2 is 2.18 bits per heavy atom. The first-order chi connectivity index (χ1) is 8.20. The molecule has 0 spiro atoms. The van der Waals surface area contributed by atoms with Crippen molar-refractivity contribution in [3.05, 3.63) is 34.6 Å². The van der Waals surface area contributed by atoms with Gasteiger partial charge in [0.25, 0.3) is 0 Å². The van der Waals surface area contributed by atoms with Crippen LogP contribution >= 0.6 is 34.7 Å². The lowest BCUT2D eigenvalue weighted by Gasteiger charge is -1.94. The number of carbonyl (C=O) groups excluding carboxylic acids is 1. The molecule has 2 aromatic rings. The first-order valence-corrected chi connectivity index (χ1v) is 6.54. The van der Waals surface area contributed by atoms with Crippen LogP contribution in [-0.4, -0.2) is 23.0 Å². The maximum absolute atomic E-state index is 11.3. The summed E-state index contributed by atoms with van der Waals surface area (Å²) in [6, 6.07) is 3.72. The van der Waals surface area contributed by atoms with E-state index in [4.69, 9.17) is 11.6 Å². The molecule has 0 radical (unpaired) electrons. The molecule has 0 atom stereocenters. The molecule has 4 nitrogen and oxygen atoms in total. The average Bonchev–Trinajstić information content (AvgIpc) is 2.70. The molecule has 0 amide bonds. The Hall–Kier alpha value is -1.11. The van der Waals surface area contributed by atoms with Crippen LogP contribution in [0.15, 0.2) is 33.8 Å². The minimum atomic E-state index is -0.464. The van der Waals surface area contributed by atoms with Gasteiger partial charge < -0.3 is 4.74 Å². The first-order valence-electron chi connectivity index (χ1n) is 4.53. The largest absolute Gasteiger partial charge is 0.465 e. The molecule has 2 aromatic heterocycles. The van der Waals surface area contributed by atoms with E-state index in [0.717, 1.165) is 4.90 Å². The second-order valence-electron chi connectivity index (χ2n) is 2.88. The van der Waals surface area contributed by atoms with Crippen LogP contribution in [0.25, 0.3) is 0 Å². The van der Waals surface area contributed by atoms with E-state index in [2.05, 4.69) is 14.7 Å². The van der Waals surface area contributed by atoms with Gasteiger partial charge in [0.1, 0.15) is 0 Å². The quantitative estimate of drug-likeness (QED) is 0.812. The van der Waals surface area contributed by atoms with Crippen molar-refractivity contribution in [2.75, 3.05) is 7.11 Å². The summed E-state index contributed by atoms with van der Waals surface area (Å²) in [5, 5.41) is 0.179. The summed E-state index contributed by atoms with van der Waals surface area (Å²) in [5.41, 5.74) is 0. The molecule has 0 bridgehead atoms. The number of ether oxygens (including phenoxy) is 1. The molecule has 0 aromatic carbocycles. The fourth-order valence-corrected chi connectivity index (χ4v) is 3.34. The normalized spacial score (nSPS) is 10.2. The SMILES string of the molecule is COC(=O)c1sc(Sc2ccncc2)nc1Cl. The van der Waals surface area contributed by atoms with E-state index in [0.29, 0.717) is 9.22 Å². The second-order valence-corrected chi connectivity index (χ2v) is 5.55. The summed E-state index contributed by atoms with van der Waals surface area (Å²) in [6.45, 7) is 0. The molecule has 0 aliphatic carbocycles. The minimum Gasteiger partial charge on any atom is -0.465 e. The Bertz CT molecular complexity index is 530. The maximum atomic E-state index is 11.3. The first kappa shape index (κ1) is 12.3. The number of hydrogen-bond donors (Lipinski definition) is 0. The van der Waals surface area contributed by atoms with Crippen LogP contribution in [0.4, 0.5) is 0 Å². The van der Waals surface area contributed by atoms with Crippen molar-refractivity contribution in [2.45, 2.75) is 9.24 Å². The molecular formula is C10H7ClN2O2S2. The van der Waals surface area contributed by atoms with Crippen molar-refractivity contribution in [3.63, 3.8) is 0 Å². The monoisotopic (exact) mass is 286 g/mol. The second kappa shape index (κ2) is 5.48. The van der Waals surface area contributed by atoms with Gasteiger partial charge in [-0.15, -0.1) is 0 Å². The Balaban J connectivity index is 2.21. The highest BCUT2D eigenvalue weighted by molar-refractivity contribution is 8.01. The van der Waals surface area contributed by atoms with E-state index in [9.17, 15) is 4.79 Å². The molecule has 0 fully saturated rings. The van der Waals surface area contributed by atoms with Crippen LogP contribution in [0.5, 0.6) is 0 Å². The third kappa shape index (κ3) is 2.96. The van der Waals surface area contributed by atoms with Crippen molar-refractivity contribution in [3.8, 4) is 0 Å². The Kier molecular flexibility index (Phi) is 3.98. The molecule has 88 valence electrons. The number of hydrogen-bond acceptors (Lipinski definition) is 6. The summed E-state index contributed by atoms with van der Waals surface area (Å²) in [7, 11) is 1.31. The average molecular weight is 287 g/mol. The summed E-state index contributed by atoms with van der Waals surface area (Å²) in [4.78, 5) is 20.7. The van der Waals surface area contributed by atoms with Gasteiger partial charge in [0.2, 0.25) is 0 Å². The molecular weight excluding hydrogens is 280 g/mol. The van der Waals surface area contributed by atoms with Crippen molar-refractivity contribution in [1.82, 2.24) is 9.97 Å². The highest BCUT2D eigenvalue weighted by Gasteiger charge is 2.17. The lowest BCUT2D eigenvalue weighted by Crippen LogP contribution is -1.98. The predicted molar refractivity (Wildman–Crippen MR) is 66.8 cm³/mol. The molecule has 2 heterocycles. The van der Waals surface area contributed by atoms with Gasteiger partial charge in [-0.2, -0.15) is 0 Å². The van der Waals surface area contributed by atoms with Gasteiger partial charge in [-0.25, -0.2) is 9.78 Å². The molecule has 0 saturated carbocycles. The van der Waals surface area contributed by atoms with Gasteiger partial charge in [0.05, 0.1) is 7.11 Å². The third-order valence-corrected chi connectivity index (χ3v) is 4.28. The Morgan fingerprint density at radius 3 is 2.82 bits per heavy atom. The van der Waals surface area contributed by atoms with E-state index >= 15 is 0 Å². The van der Waals surface area contributed by atoms with Gasteiger partial charge in [-0.3, -0.25) is 4.98 Å². The number of esters is 1. The number of carbonyl (C=O) groups is 1. The predicted octanol–water partition coefficient (Wildman–Crippen LogP) is 3.13. The summed E-state index contributed by atoms with van der Waals surface area (Å²) in [5.74, 6) is -0.464. The molecule has 0 N–H and O–H groups in total. The van der Waals surface area contributed by atoms with Gasteiger partial charge in [0.15, 0.2) is 14.4 Å². The van der Waals surface area contributed by atoms with Gasteiger partial charge >= 0.3 is 5.97 Å². The number of pyridine rings is 1. The Morgan fingerprint density at radius 1 is 1.47 bits per heavy atom. The van der Waals surface area contributed by atoms with E-state index in [1.807, 2.05) is 12.1 Å². The van der Waals surface area contributed by atoms with Crippen molar-refractivity contribution < 1.29 is 9.53 Å². The third-order valence-electron chi connectivity index (χ3n) is 1.79. The number of thiazole rings is 1. The highest BCUT2D eigenvalue weighted by atomic mass is 35.5. The smallest absolute Gasteiger partial charge is 0.351 e. The molecule has 0 unspecified atom stereocenters. The van der Waals surface area contributed by atoms with Crippen molar-refractivity contribution in [2.24, 2.45) is 0 Å². The van der Waals surface area contributed by atoms with E-state index in [1.165, 1.54) is 30.2 Å². The lowest BCUT2D eigenvalue weighted by molar-refractivity contribution is 0.0606. The molecule has 2 rings (SSSR count). The van der Waals surface area contributed by atoms with Crippen molar-refractivity contribution in [1.29, 1.82) is 0 Å². The summed E-state index contributed by atoms with van der Waals surface area (Å²) in [6.07, 6.45) is 3.39. The van der Waals surface area contributed by atoms with E-state index < -0.39 is 5.97 Å². The zero-order valence-electron chi connectivity index (χ0n) is 8.71. The number of rotatable bonds is 3. The summed E-state index contributed by atoms with van der Waals surface area (Å²) < 4.78 is 5.30. The van der Waals surface area contributed by atoms with Crippen LogP contribution in [-0.2, 0) is 4.74 Å². The topological polar surface area (TPSA) is 52.1 Å². The van der Waals surface area contributed by atoms with Crippen LogP contribution < -0.4 is 0 Å². The van der Waals surface area contributed by atoms with Crippen molar-refractivity contribution >= 4 is 40.7 Å². The molecule has 7 heteroatoms. The molecule has 0 saturated heterocycles. The number of nitrogens with zero attached hydrogens (tertiary/aromatic N) is 2. The Labute approximate surface area is 111 Å². The van der Waals surface area contributed by atoms with Crippen LogP contribution in [0.3, 0.4) is 0 Å². The molecule has 0 aliphatic heterocycles. The zero-order valence-corrected chi connectivity index (χ0v) is 11.1.